The minimum atomic E-state index is 0.149. The topological polar surface area (TPSA) is 21.3 Å². The van der Waals surface area contributed by atoms with Gasteiger partial charge in [-0.3, -0.25) is 0 Å². The van der Waals surface area contributed by atoms with Gasteiger partial charge in [-0.2, -0.15) is 0 Å². The van der Waals surface area contributed by atoms with Crippen molar-refractivity contribution in [2.45, 2.75) is 64.0 Å². The first-order valence-electron chi connectivity index (χ1n) is 7.33. The maximum atomic E-state index is 5.89. The van der Waals surface area contributed by atoms with Crippen LogP contribution in [0.2, 0.25) is 0 Å². The highest BCUT2D eigenvalue weighted by molar-refractivity contribution is 5.03. The summed E-state index contributed by atoms with van der Waals surface area (Å²) in [5.41, 5.74) is 0.149. The Balaban J connectivity index is 2.06. The Morgan fingerprint density at radius 2 is 1.71 bits per heavy atom. The summed E-state index contributed by atoms with van der Waals surface area (Å²) in [7, 11) is 4.02. The summed E-state index contributed by atoms with van der Waals surface area (Å²) in [4.78, 5) is 0. The Bertz CT molecular complexity index is 234. The number of hydrogen-bond acceptors (Lipinski definition) is 2. The lowest BCUT2D eigenvalue weighted by Crippen LogP contribution is -2.59. The maximum absolute atomic E-state index is 5.89. The highest BCUT2D eigenvalue weighted by Gasteiger charge is 2.47. The van der Waals surface area contributed by atoms with Crippen LogP contribution in [0.3, 0.4) is 0 Å². The zero-order valence-electron chi connectivity index (χ0n) is 12.0. The van der Waals surface area contributed by atoms with Crippen molar-refractivity contribution < 1.29 is 4.74 Å². The zero-order valence-corrected chi connectivity index (χ0v) is 12.0. The molecule has 2 aliphatic carbocycles. The Hall–Kier alpha value is -0.0800. The third-order valence-electron chi connectivity index (χ3n) is 5.17. The van der Waals surface area contributed by atoms with Gasteiger partial charge in [-0.05, 0) is 63.3 Å². The molecule has 0 radical (unpaired) electrons. The predicted octanol–water partition coefficient (Wildman–Crippen LogP) is 3.22. The molecule has 3 atom stereocenters. The average molecular weight is 239 g/mol. The van der Waals surface area contributed by atoms with Crippen molar-refractivity contribution in [2.24, 2.45) is 17.8 Å². The summed E-state index contributed by atoms with van der Waals surface area (Å²) < 4.78 is 5.89. The first kappa shape index (κ1) is 13.4. The Morgan fingerprint density at radius 1 is 1.12 bits per heavy atom. The molecule has 1 N–H and O–H groups in total. The number of likely N-dealkylation sites (N-methyl/N-ethyl adjacent to an activating group) is 1. The van der Waals surface area contributed by atoms with Gasteiger partial charge in [-0.15, -0.1) is 0 Å². The third kappa shape index (κ3) is 2.53. The van der Waals surface area contributed by atoms with Crippen molar-refractivity contribution in [3.05, 3.63) is 0 Å². The Morgan fingerprint density at radius 3 is 2.06 bits per heavy atom. The Kier molecular flexibility index (Phi) is 4.14. The lowest BCUT2D eigenvalue weighted by atomic mass is 9.64. The molecule has 0 spiro atoms. The number of ether oxygens (including phenoxy) is 1. The minimum Gasteiger partial charge on any atom is -0.377 e. The van der Waals surface area contributed by atoms with Gasteiger partial charge in [0.15, 0.2) is 0 Å². The van der Waals surface area contributed by atoms with Gasteiger partial charge in [0, 0.05) is 13.2 Å². The quantitative estimate of drug-likeness (QED) is 0.813. The second-order valence-corrected chi connectivity index (χ2v) is 6.57. The van der Waals surface area contributed by atoms with Gasteiger partial charge in [0.1, 0.15) is 0 Å². The molecule has 100 valence electrons. The average Bonchev–Trinajstić information content (AvgIpc) is 2.21. The summed E-state index contributed by atoms with van der Waals surface area (Å²) in [6, 6.07) is 0.562. The Labute approximate surface area is 107 Å². The van der Waals surface area contributed by atoms with Crippen molar-refractivity contribution >= 4 is 0 Å². The van der Waals surface area contributed by atoms with E-state index >= 15 is 0 Å². The number of hydrogen-bond donors (Lipinski definition) is 1. The van der Waals surface area contributed by atoms with Crippen LogP contribution in [0.15, 0.2) is 0 Å². The van der Waals surface area contributed by atoms with Crippen LogP contribution in [-0.4, -0.2) is 25.8 Å². The smallest absolute Gasteiger partial charge is 0.0833 e. The monoisotopic (exact) mass is 239 g/mol. The van der Waals surface area contributed by atoms with Crippen molar-refractivity contribution in [1.82, 2.24) is 5.32 Å². The first-order valence-corrected chi connectivity index (χ1v) is 7.33. The summed E-state index contributed by atoms with van der Waals surface area (Å²) in [6.07, 6.45) is 7.99. The molecule has 2 aliphatic rings. The molecular weight excluding hydrogens is 210 g/mol. The predicted molar refractivity (Wildman–Crippen MR) is 72.1 cm³/mol. The molecule has 2 nitrogen and oxygen atoms in total. The van der Waals surface area contributed by atoms with E-state index < -0.39 is 0 Å². The zero-order chi connectivity index (χ0) is 12.5. The summed E-state index contributed by atoms with van der Waals surface area (Å²) in [6.45, 7) is 4.82. The van der Waals surface area contributed by atoms with E-state index in [9.17, 15) is 0 Å². The van der Waals surface area contributed by atoms with Crippen LogP contribution in [0, 0.1) is 17.8 Å². The molecule has 0 aromatic carbocycles. The molecule has 2 saturated carbocycles. The van der Waals surface area contributed by atoms with Crippen molar-refractivity contribution in [3.8, 4) is 0 Å². The van der Waals surface area contributed by atoms with E-state index in [-0.39, 0.29) is 5.60 Å². The van der Waals surface area contributed by atoms with E-state index in [1.54, 1.807) is 0 Å². The summed E-state index contributed by atoms with van der Waals surface area (Å²) >= 11 is 0. The molecule has 0 amide bonds. The van der Waals surface area contributed by atoms with Crippen LogP contribution in [0.1, 0.15) is 52.4 Å². The molecule has 0 aromatic heterocycles. The lowest BCUT2D eigenvalue weighted by molar-refractivity contribution is -0.116. The van der Waals surface area contributed by atoms with Gasteiger partial charge in [0.25, 0.3) is 0 Å². The fraction of sp³-hybridized carbons (Fsp3) is 1.00. The van der Waals surface area contributed by atoms with Gasteiger partial charge in [0.05, 0.1) is 5.60 Å². The van der Waals surface area contributed by atoms with Crippen molar-refractivity contribution in [1.29, 1.82) is 0 Å². The first-order chi connectivity index (χ1) is 8.11. The van der Waals surface area contributed by atoms with E-state index in [4.69, 9.17) is 4.74 Å². The summed E-state index contributed by atoms with van der Waals surface area (Å²) in [5.74, 6) is 2.57. The van der Waals surface area contributed by atoms with E-state index in [0.717, 1.165) is 17.8 Å². The molecule has 0 saturated heterocycles. The van der Waals surface area contributed by atoms with E-state index in [1.807, 2.05) is 7.11 Å². The van der Waals surface area contributed by atoms with Gasteiger partial charge in [0.2, 0.25) is 0 Å². The van der Waals surface area contributed by atoms with E-state index in [1.165, 1.54) is 38.5 Å². The van der Waals surface area contributed by atoms with Crippen LogP contribution in [0.25, 0.3) is 0 Å². The molecule has 0 bridgehead atoms. The van der Waals surface area contributed by atoms with Crippen molar-refractivity contribution in [3.63, 3.8) is 0 Å². The lowest BCUT2D eigenvalue weighted by Gasteiger charge is -2.51. The molecule has 0 heterocycles. The highest BCUT2D eigenvalue weighted by Crippen LogP contribution is 2.45. The van der Waals surface area contributed by atoms with E-state index in [2.05, 4.69) is 26.2 Å². The van der Waals surface area contributed by atoms with Crippen LogP contribution in [0.4, 0.5) is 0 Å². The number of methoxy groups -OCH3 is 1. The van der Waals surface area contributed by atoms with E-state index in [0.29, 0.717) is 6.04 Å². The van der Waals surface area contributed by atoms with Crippen LogP contribution in [0.5, 0.6) is 0 Å². The van der Waals surface area contributed by atoms with Crippen molar-refractivity contribution in [2.75, 3.05) is 14.2 Å². The second-order valence-electron chi connectivity index (χ2n) is 6.57. The van der Waals surface area contributed by atoms with Gasteiger partial charge in [-0.25, -0.2) is 0 Å². The molecule has 2 heteroatoms. The molecular formula is C15H29NO. The van der Waals surface area contributed by atoms with Gasteiger partial charge < -0.3 is 10.1 Å². The maximum Gasteiger partial charge on any atom is 0.0833 e. The largest absolute Gasteiger partial charge is 0.377 e. The molecule has 3 unspecified atom stereocenters. The summed E-state index contributed by atoms with van der Waals surface area (Å²) in [5, 5.41) is 3.58. The minimum absolute atomic E-state index is 0.149. The SMILES string of the molecule is CNC(C1CC(C)CC(C)C1)C1(OC)CCC1. The standard InChI is InChI=1S/C15H29NO/c1-11-8-12(2)10-13(9-11)14(16-3)15(17-4)6-5-7-15/h11-14,16H,5-10H2,1-4H3. The normalized spacial score (nSPS) is 38.5. The third-order valence-corrected chi connectivity index (χ3v) is 5.17. The number of nitrogens with one attached hydrogen (secondary N) is 1. The van der Waals surface area contributed by atoms with Crippen LogP contribution in [-0.2, 0) is 4.74 Å². The fourth-order valence-electron chi connectivity index (χ4n) is 4.38. The molecule has 0 aliphatic heterocycles. The van der Waals surface area contributed by atoms with Crippen LogP contribution < -0.4 is 5.32 Å². The molecule has 0 aromatic rings. The number of rotatable bonds is 4. The highest BCUT2D eigenvalue weighted by atomic mass is 16.5. The molecule has 2 fully saturated rings. The van der Waals surface area contributed by atoms with Gasteiger partial charge in [-0.1, -0.05) is 13.8 Å². The second kappa shape index (κ2) is 5.27. The molecule has 2 rings (SSSR count). The molecule has 17 heavy (non-hydrogen) atoms. The van der Waals surface area contributed by atoms with Gasteiger partial charge >= 0.3 is 0 Å². The van der Waals surface area contributed by atoms with Crippen LogP contribution >= 0.6 is 0 Å². The fourth-order valence-corrected chi connectivity index (χ4v) is 4.38.